The van der Waals surface area contributed by atoms with Gasteiger partial charge in [-0.1, -0.05) is 29.8 Å². The van der Waals surface area contributed by atoms with Crippen molar-refractivity contribution in [2.75, 3.05) is 0 Å². The summed E-state index contributed by atoms with van der Waals surface area (Å²) >= 11 is 0. The Morgan fingerprint density at radius 1 is 1.05 bits per heavy atom. The third-order valence-electron chi connectivity index (χ3n) is 3.17. The van der Waals surface area contributed by atoms with Crippen molar-refractivity contribution in [3.8, 4) is 5.75 Å². The van der Waals surface area contributed by atoms with Crippen molar-refractivity contribution in [1.29, 1.82) is 0 Å². The van der Waals surface area contributed by atoms with Gasteiger partial charge in [-0.05, 0) is 49.6 Å². The Kier molecular flexibility index (Phi) is 4.59. The third kappa shape index (κ3) is 3.99. The lowest BCUT2D eigenvalue weighted by molar-refractivity contribution is 0.305. The zero-order valence-electron chi connectivity index (χ0n) is 12.2. The van der Waals surface area contributed by atoms with Crippen molar-refractivity contribution in [1.82, 2.24) is 0 Å². The molecule has 0 amide bonds. The van der Waals surface area contributed by atoms with E-state index in [-0.39, 0.29) is 4.90 Å². The van der Waals surface area contributed by atoms with Crippen LogP contribution in [-0.4, -0.2) is 8.42 Å². The van der Waals surface area contributed by atoms with Crippen LogP contribution in [0.4, 0.5) is 0 Å². The van der Waals surface area contributed by atoms with Gasteiger partial charge >= 0.3 is 0 Å². The van der Waals surface area contributed by atoms with Crippen LogP contribution >= 0.6 is 10.7 Å². The second-order valence-electron chi connectivity index (χ2n) is 5.10. The molecule has 2 aromatic carbocycles. The smallest absolute Gasteiger partial charge is 0.261 e. The van der Waals surface area contributed by atoms with Gasteiger partial charge in [0.15, 0.2) is 0 Å². The molecule has 0 N–H and O–H groups in total. The fourth-order valence-corrected chi connectivity index (χ4v) is 3.96. The predicted molar refractivity (Wildman–Crippen MR) is 84.5 cm³/mol. The van der Waals surface area contributed by atoms with Gasteiger partial charge < -0.3 is 4.74 Å². The first-order chi connectivity index (χ1) is 9.77. The third-order valence-corrected chi connectivity index (χ3v) is 4.76. The molecule has 0 fully saturated rings. The van der Waals surface area contributed by atoms with Gasteiger partial charge in [-0.3, -0.25) is 0 Å². The van der Waals surface area contributed by atoms with Gasteiger partial charge in [0.1, 0.15) is 12.4 Å². The van der Waals surface area contributed by atoms with Crippen LogP contribution in [0.15, 0.2) is 41.3 Å². The first-order valence-corrected chi connectivity index (χ1v) is 8.82. The molecule has 0 radical (unpaired) electrons. The molecule has 0 aromatic heterocycles. The fraction of sp³-hybridized carbons (Fsp3) is 0.250. The molecule has 21 heavy (non-hydrogen) atoms. The molecule has 0 atom stereocenters. The van der Waals surface area contributed by atoms with Crippen molar-refractivity contribution in [2.45, 2.75) is 32.3 Å². The van der Waals surface area contributed by atoms with Crippen molar-refractivity contribution in [3.63, 3.8) is 0 Å². The maximum Gasteiger partial charge on any atom is 0.261 e. The number of aryl methyl sites for hydroxylation is 3. The number of ether oxygens (including phenoxy) is 1. The van der Waals surface area contributed by atoms with Gasteiger partial charge in [0.2, 0.25) is 0 Å². The topological polar surface area (TPSA) is 43.4 Å². The largest absolute Gasteiger partial charge is 0.489 e. The molecule has 2 rings (SSSR count). The first kappa shape index (κ1) is 15.9. The summed E-state index contributed by atoms with van der Waals surface area (Å²) in [7, 11) is 1.71. The van der Waals surface area contributed by atoms with E-state index >= 15 is 0 Å². The molecule has 0 saturated heterocycles. The fourth-order valence-electron chi connectivity index (χ4n) is 2.35. The van der Waals surface area contributed by atoms with Crippen LogP contribution in [0, 0.1) is 20.8 Å². The summed E-state index contributed by atoms with van der Waals surface area (Å²) in [6.45, 7) is 5.88. The van der Waals surface area contributed by atoms with Gasteiger partial charge in [0.25, 0.3) is 9.05 Å². The maximum atomic E-state index is 11.5. The minimum Gasteiger partial charge on any atom is -0.489 e. The van der Waals surface area contributed by atoms with E-state index in [1.165, 1.54) is 5.56 Å². The van der Waals surface area contributed by atoms with Crippen LogP contribution in [0.5, 0.6) is 5.75 Å². The van der Waals surface area contributed by atoms with E-state index in [0.717, 1.165) is 5.56 Å². The van der Waals surface area contributed by atoms with Crippen molar-refractivity contribution in [3.05, 3.63) is 58.7 Å². The minimum atomic E-state index is -3.74. The number of hydrogen-bond donors (Lipinski definition) is 0. The zero-order valence-corrected chi connectivity index (χ0v) is 13.8. The SMILES string of the molecule is Cc1cccc(COc2cc(C)c(S(=O)(=O)Cl)c(C)c2)c1. The van der Waals surface area contributed by atoms with Gasteiger partial charge in [0.05, 0.1) is 4.90 Å². The summed E-state index contributed by atoms with van der Waals surface area (Å²) in [6, 6.07) is 11.4. The van der Waals surface area contributed by atoms with E-state index in [1.807, 2.05) is 25.1 Å². The molecule has 2 aromatic rings. The molecule has 5 heteroatoms. The van der Waals surface area contributed by atoms with E-state index in [2.05, 4.69) is 6.07 Å². The molecule has 0 spiro atoms. The molecular weight excluding hydrogens is 308 g/mol. The van der Waals surface area contributed by atoms with Gasteiger partial charge in [-0.15, -0.1) is 0 Å². The number of hydrogen-bond acceptors (Lipinski definition) is 3. The Balaban J connectivity index is 2.23. The van der Waals surface area contributed by atoms with Crippen molar-refractivity contribution >= 4 is 19.7 Å². The lowest BCUT2D eigenvalue weighted by Gasteiger charge is -2.12. The zero-order chi connectivity index (χ0) is 15.6. The van der Waals surface area contributed by atoms with Crippen LogP contribution in [0.25, 0.3) is 0 Å². The Labute approximate surface area is 129 Å². The highest BCUT2D eigenvalue weighted by atomic mass is 35.7. The van der Waals surface area contributed by atoms with E-state index in [4.69, 9.17) is 15.4 Å². The van der Waals surface area contributed by atoms with E-state index in [1.54, 1.807) is 26.0 Å². The Morgan fingerprint density at radius 3 is 2.19 bits per heavy atom. The lowest BCUT2D eigenvalue weighted by Crippen LogP contribution is -2.01. The predicted octanol–water partition coefficient (Wildman–Crippen LogP) is 4.12. The summed E-state index contributed by atoms with van der Waals surface area (Å²) in [5.74, 6) is 0.635. The molecule has 3 nitrogen and oxygen atoms in total. The average molecular weight is 325 g/mol. The Hall–Kier alpha value is -1.52. The average Bonchev–Trinajstić information content (AvgIpc) is 2.34. The minimum absolute atomic E-state index is 0.159. The summed E-state index contributed by atoms with van der Waals surface area (Å²) in [6.07, 6.45) is 0. The first-order valence-electron chi connectivity index (χ1n) is 6.51. The molecule has 0 aliphatic carbocycles. The van der Waals surface area contributed by atoms with Crippen molar-refractivity contribution < 1.29 is 13.2 Å². The van der Waals surface area contributed by atoms with Crippen LogP contribution in [0.3, 0.4) is 0 Å². The van der Waals surface area contributed by atoms with Crippen molar-refractivity contribution in [2.24, 2.45) is 0 Å². The highest BCUT2D eigenvalue weighted by Crippen LogP contribution is 2.28. The van der Waals surface area contributed by atoms with Gasteiger partial charge in [0, 0.05) is 10.7 Å². The summed E-state index contributed by atoms with van der Waals surface area (Å²) in [5, 5.41) is 0. The molecule has 0 saturated carbocycles. The van der Waals surface area contributed by atoms with Crippen LogP contribution in [-0.2, 0) is 15.7 Å². The second kappa shape index (κ2) is 6.08. The van der Waals surface area contributed by atoms with E-state index in [9.17, 15) is 8.42 Å². The molecule has 0 aliphatic rings. The van der Waals surface area contributed by atoms with Crippen LogP contribution in [0.1, 0.15) is 22.3 Å². The van der Waals surface area contributed by atoms with Gasteiger partial charge in [-0.2, -0.15) is 0 Å². The molecule has 112 valence electrons. The highest BCUT2D eigenvalue weighted by Gasteiger charge is 2.17. The van der Waals surface area contributed by atoms with Crippen LogP contribution < -0.4 is 4.74 Å². The number of rotatable bonds is 4. The maximum absolute atomic E-state index is 11.5. The highest BCUT2D eigenvalue weighted by molar-refractivity contribution is 8.13. The Morgan fingerprint density at radius 2 is 1.67 bits per heavy atom. The van der Waals surface area contributed by atoms with Crippen LogP contribution in [0.2, 0.25) is 0 Å². The summed E-state index contributed by atoms with van der Waals surface area (Å²) < 4.78 is 28.8. The molecule has 0 unspecified atom stereocenters. The lowest BCUT2D eigenvalue weighted by atomic mass is 10.1. The quantitative estimate of drug-likeness (QED) is 0.795. The number of halogens is 1. The summed E-state index contributed by atoms with van der Waals surface area (Å²) in [5.41, 5.74) is 3.42. The number of benzene rings is 2. The Bertz CT molecular complexity index is 744. The second-order valence-corrected chi connectivity index (χ2v) is 7.60. The normalized spacial score (nSPS) is 11.4. The molecule has 0 bridgehead atoms. The van der Waals surface area contributed by atoms with E-state index in [0.29, 0.717) is 23.5 Å². The monoisotopic (exact) mass is 324 g/mol. The summed E-state index contributed by atoms with van der Waals surface area (Å²) in [4.78, 5) is 0.159. The standard InChI is InChI=1S/C16H17ClO3S/c1-11-5-4-6-14(7-11)10-20-15-8-12(2)16(13(3)9-15)21(17,18)19/h4-9H,10H2,1-3H3. The molecule has 0 aliphatic heterocycles. The van der Waals surface area contributed by atoms with E-state index < -0.39 is 9.05 Å². The van der Waals surface area contributed by atoms with Gasteiger partial charge in [-0.25, -0.2) is 8.42 Å². The molecule has 0 heterocycles. The molecular formula is C16H17ClO3S.